The number of hydrogen-bond acceptors (Lipinski definition) is 6. The van der Waals surface area contributed by atoms with E-state index in [-0.39, 0.29) is 0 Å². The summed E-state index contributed by atoms with van der Waals surface area (Å²) in [5.41, 5.74) is 6.55. The molecule has 0 radical (unpaired) electrons. The summed E-state index contributed by atoms with van der Waals surface area (Å²) in [4.78, 5) is 6.43. The second kappa shape index (κ2) is 6.24. The minimum absolute atomic E-state index is 0.523. The van der Waals surface area contributed by atoms with Gasteiger partial charge in [0.2, 0.25) is 5.89 Å². The lowest BCUT2D eigenvalue weighted by atomic mass is 10.1. The van der Waals surface area contributed by atoms with Crippen LogP contribution in [0.25, 0.3) is 0 Å². The van der Waals surface area contributed by atoms with Crippen LogP contribution in [0.5, 0.6) is 5.75 Å². The van der Waals surface area contributed by atoms with Crippen LogP contribution in [-0.2, 0) is 18.6 Å². The van der Waals surface area contributed by atoms with Crippen LogP contribution in [0.4, 0.5) is 0 Å². The molecule has 0 aliphatic rings. The molecule has 114 valence electrons. The smallest absolute Gasteiger partial charge is 0.240 e. The van der Waals surface area contributed by atoms with Gasteiger partial charge in [-0.3, -0.25) is 4.90 Å². The van der Waals surface area contributed by atoms with Gasteiger partial charge in [0.1, 0.15) is 5.75 Å². The minimum Gasteiger partial charge on any atom is -0.497 e. The fourth-order valence-electron chi connectivity index (χ4n) is 1.91. The van der Waals surface area contributed by atoms with Gasteiger partial charge in [0.25, 0.3) is 0 Å². The molecule has 0 fully saturated rings. The maximum Gasteiger partial charge on any atom is 0.240 e. The summed E-state index contributed by atoms with van der Waals surface area (Å²) in [6.07, 6.45) is 0. The molecule has 0 aliphatic carbocycles. The van der Waals surface area contributed by atoms with E-state index in [4.69, 9.17) is 15.0 Å². The Labute approximate surface area is 124 Å². The first-order valence-electron chi connectivity index (χ1n) is 6.82. The topological polar surface area (TPSA) is 77.4 Å². The van der Waals surface area contributed by atoms with Crippen LogP contribution >= 0.6 is 0 Å². The molecule has 1 aromatic carbocycles. The summed E-state index contributed by atoms with van der Waals surface area (Å²) in [5.74, 6) is 1.95. The van der Waals surface area contributed by atoms with Gasteiger partial charge in [-0.25, -0.2) is 0 Å². The predicted molar refractivity (Wildman–Crippen MR) is 79.7 cm³/mol. The number of nitrogens with two attached hydrogens (primary N) is 1. The SMILES string of the molecule is COc1ccc(CN(C)Cc2nc(C(C)(C)N)no2)cc1. The molecule has 6 nitrogen and oxygen atoms in total. The number of ether oxygens (including phenoxy) is 1. The van der Waals surface area contributed by atoms with Gasteiger partial charge in [0, 0.05) is 6.54 Å². The van der Waals surface area contributed by atoms with E-state index in [0.29, 0.717) is 18.3 Å². The fraction of sp³-hybridized carbons (Fsp3) is 0.467. The molecule has 0 amide bonds. The predicted octanol–water partition coefficient (Wildman–Crippen LogP) is 1.90. The highest BCUT2D eigenvalue weighted by Gasteiger charge is 2.21. The second-order valence-corrected chi connectivity index (χ2v) is 5.75. The van der Waals surface area contributed by atoms with Crippen LogP contribution in [0.2, 0.25) is 0 Å². The van der Waals surface area contributed by atoms with Crippen molar-refractivity contribution >= 4 is 0 Å². The first kappa shape index (κ1) is 15.5. The van der Waals surface area contributed by atoms with Gasteiger partial charge in [0.15, 0.2) is 5.82 Å². The van der Waals surface area contributed by atoms with Crippen molar-refractivity contribution in [2.45, 2.75) is 32.5 Å². The Kier molecular flexibility index (Phi) is 4.59. The van der Waals surface area contributed by atoms with E-state index in [1.165, 1.54) is 5.56 Å². The van der Waals surface area contributed by atoms with Gasteiger partial charge < -0.3 is 15.0 Å². The van der Waals surface area contributed by atoms with E-state index < -0.39 is 5.54 Å². The van der Waals surface area contributed by atoms with Crippen molar-refractivity contribution in [2.24, 2.45) is 5.73 Å². The molecular weight excluding hydrogens is 268 g/mol. The van der Waals surface area contributed by atoms with Crippen molar-refractivity contribution in [3.8, 4) is 5.75 Å². The Bertz CT molecular complexity index is 572. The molecule has 21 heavy (non-hydrogen) atoms. The number of aromatic nitrogens is 2. The highest BCUT2D eigenvalue weighted by molar-refractivity contribution is 5.27. The number of methoxy groups -OCH3 is 1. The van der Waals surface area contributed by atoms with Crippen LogP contribution in [0, 0.1) is 0 Å². The van der Waals surface area contributed by atoms with E-state index in [2.05, 4.69) is 15.0 Å². The normalized spacial score (nSPS) is 11.9. The molecule has 0 saturated heterocycles. The number of rotatable bonds is 6. The van der Waals surface area contributed by atoms with Crippen LogP contribution in [0.3, 0.4) is 0 Å². The lowest BCUT2D eigenvalue weighted by molar-refractivity contribution is 0.259. The third-order valence-corrected chi connectivity index (χ3v) is 3.06. The highest BCUT2D eigenvalue weighted by Crippen LogP contribution is 2.15. The van der Waals surface area contributed by atoms with Gasteiger partial charge in [-0.2, -0.15) is 4.98 Å². The van der Waals surface area contributed by atoms with E-state index in [1.807, 2.05) is 45.2 Å². The molecule has 2 rings (SSSR count). The summed E-state index contributed by atoms with van der Waals surface area (Å²) in [7, 11) is 3.66. The average Bonchev–Trinajstić information content (AvgIpc) is 2.88. The van der Waals surface area contributed by atoms with E-state index in [0.717, 1.165) is 12.3 Å². The van der Waals surface area contributed by atoms with Gasteiger partial charge >= 0.3 is 0 Å². The fourth-order valence-corrected chi connectivity index (χ4v) is 1.91. The highest BCUT2D eigenvalue weighted by atomic mass is 16.5. The molecule has 2 N–H and O–H groups in total. The van der Waals surface area contributed by atoms with Crippen LogP contribution in [-0.4, -0.2) is 29.2 Å². The van der Waals surface area contributed by atoms with E-state index in [1.54, 1.807) is 7.11 Å². The second-order valence-electron chi connectivity index (χ2n) is 5.75. The van der Waals surface area contributed by atoms with Gasteiger partial charge in [0.05, 0.1) is 19.2 Å². The van der Waals surface area contributed by atoms with Crippen molar-refractivity contribution < 1.29 is 9.26 Å². The van der Waals surface area contributed by atoms with Gasteiger partial charge in [-0.05, 0) is 38.6 Å². The number of benzene rings is 1. The Morgan fingerprint density at radius 2 is 1.90 bits per heavy atom. The molecule has 2 aromatic rings. The average molecular weight is 290 g/mol. The summed E-state index contributed by atoms with van der Waals surface area (Å²) in [5, 5.41) is 3.92. The van der Waals surface area contributed by atoms with Crippen molar-refractivity contribution in [1.29, 1.82) is 0 Å². The van der Waals surface area contributed by atoms with Crippen LogP contribution in [0.15, 0.2) is 28.8 Å². The molecule has 1 heterocycles. The zero-order valence-electron chi connectivity index (χ0n) is 13.0. The van der Waals surface area contributed by atoms with Crippen molar-refractivity contribution in [2.75, 3.05) is 14.2 Å². The Balaban J connectivity index is 1.94. The van der Waals surface area contributed by atoms with Crippen LogP contribution in [0.1, 0.15) is 31.1 Å². The molecule has 0 saturated carbocycles. The monoisotopic (exact) mass is 290 g/mol. The third-order valence-electron chi connectivity index (χ3n) is 3.06. The lowest BCUT2D eigenvalue weighted by Crippen LogP contribution is -2.30. The number of hydrogen-bond donors (Lipinski definition) is 1. The molecule has 1 aromatic heterocycles. The zero-order valence-corrected chi connectivity index (χ0v) is 13.0. The maximum absolute atomic E-state index is 5.94. The summed E-state index contributed by atoms with van der Waals surface area (Å²) in [6, 6.07) is 7.98. The van der Waals surface area contributed by atoms with Gasteiger partial charge in [-0.1, -0.05) is 17.3 Å². The lowest BCUT2D eigenvalue weighted by Gasteiger charge is -2.14. The summed E-state index contributed by atoms with van der Waals surface area (Å²) < 4.78 is 10.4. The standard InChI is InChI=1S/C15H22N4O2/c1-15(2,16)14-17-13(21-18-14)10-19(3)9-11-5-7-12(20-4)8-6-11/h5-8H,9-10,16H2,1-4H3. The maximum atomic E-state index is 5.94. The molecule has 0 bridgehead atoms. The molecule has 0 unspecified atom stereocenters. The summed E-state index contributed by atoms with van der Waals surface area (Å²) in [6.45, 7) is 5.06. The molecular formula is C15H22N4O2. The minimum atomic E-state index is -0.587. The first-order valence-corrected chi connectivity index (χ1v) is 6.82. The Morgan fingerprint density at radius 1 is 1.24 bits per heavy atom. The molecule has 0 aliphatic heterocycles. The zero-order chi connectivity index (χ0) is 15.5. The Hall–Kier alpha value is -1.92. The quantitative estimate of drug-likeness (QED) is 0.875. The van der Waals surface area contributed by atoms with E-state index >= 15 is 0 Å². The number of nitrogens with zero attached hydrogens (tertiary/aromatic N) is 3. The van der Waals surface area contributed by atoms with Crippen LogP contribution < -0.4 is 10.5 Å². The van der Waals surface area contributed by atoms with Crippen molar-refractivity contribution in [1.82, 2.24) is 15.0 Å². The van der Waals surface area contributed by atoms with Crippen molar-refractivity contribution in [3.05, 3.63) is 41.5 Å². The largest absolute Gasteiger partial charge is 0.497 e. The first-order chi connectivity index (χ1) is 9.88. The van der Waals surface area contributed by atoms with E-state index in [9.17, 15) is 0 Å². The third kappa shape index (κ3) is 4.27. The van der Waals surface area contributed by atoms with Gasteiger partial charge in [-0.15, -0.1) is 0 Å². The summed E-state index contributed by atoms with van der Waals surface area (Å²) >= 11 is 0. The molecule has 6 heteroatoms. The molecule has 0 spiro atoms. The molecule has 0 atom stereocenters. The van der Waals surface area contributed by atoms with Crippen molar-refractivity contribution in [3.63, 3.8) is 0 Å². The Morgan fingerprint density at radius 3 is 2.43 bits per heavy atom.